The molecular weight excluding hydrogens is 236 g/mol. The highest BCUT2D eigenvalue weighted by atomic mass is 32.2. The first kappa shape index (κ1) is 11.5. The van der Waals surface area contributed by atoms with E-state index in [0.29, 0.717) is 9.20 Å². The Hall–Kier alpha value is -0.590. The van der Waals surface area contributed by atoms with Crippen LogP contribution in [0.25, 0.3) is 0 Å². The number of nitrogens with zero attached hydrogens (tertiary/aromatic N) is 1. The first-order chi connectivity index (χ1) is 6.61. The number of amides is 1. The molecule has 76 valence electrons. The summed E-state index contributed by atoms with van der Waals surface area (Å²) in [6, 6.07) is 3.62. The van der Waals surface area contributed by atoms with Gasteiger partial charge >= 0.3 is 0 Å². The number of nitrogens with one attached hydrogen (secondary N) is 1. The van der Waals surface area contributed by atoms with Crippen molar-refractivity contribution in [2.45, 2.75) is 0 Å². The minimum Gasteiger partial charge on any atom is -0.362 e. The van der Waals surface area contributed by atoms with E-state index in [1.165, 1.54) is 11.3 Å². The Labute approximate surface area is 96.6 Å². The molecule has 0 radical (unpaired) electrons. The van der Waals surface area contributed by atoms with Crippen LogP contribution in [0.4, 0.5) is 0 Å². The quantitative estimate of drug-likeness (QED) is 0.606. The number of hydrogen-bond acceptors (Lipinski definition) is 4. The van der Waals surface area contributed by atoms with E-state index in [4.69, 9.17) is 12.2 Å². The fourth-order valence-corrected chi connectivity index (χ4v) is 1.92. The minimum absolute atomic E-state index is 0.103. The van der Waals surface area contributed by atoms with Crippen LogP contribution in [0.5, 0.6) is 0 Å². The summed E-state index contributed by atoms with van der Waals surface area (Å²) in [5.41, 5.74) is 0. The van der Waals surface area contributed by atoms with E-state index >= 15 is 0 Å². The lowest BCUT2D eigenvalue weighted by Gasteiger charge is -2.12. The van der Waals surface area contributed by atoms with Gasteiger partial charge in [0.25, 0.3) is 5.91 Å². The van der Waals surface area contributed by atoms with Gasteiger partial charge in [0, 0.05) is 26.0 Å². The summed E-state index contributed by atoms with van der Waals surface area (Å²) in [4.78, 5) is 13.9. The average Bonchev–Trinajstić information content (AvgIpc) is 2.66. The van der Waals surface area contributed by atoms with Gasteiger partial charge in [0.15, 0.2) is 4.32 Å². The maximum absolute atomic E-state index is 11.4. The molecule has 0 aliphatic rings. The van der Waals surface area contributed by atoms with E-state index in [1.807, 2.05) is 25.5 Å². The second kappa shape index (κ2) is 5.33. The molecule has 1 heterocycles. The first-order valence-corrected chi connectivity index (χ1v) is 5.93. The van der Waals surface area contributed by atoms with Crippen molar-refractivity contribution < 1.29 is 4.79 Å². The first-order valence-electron chi connectivity index (χ1n) is 3.83. The number of thiocarbonyl (C=S) groups is 1. The van der Waals surface area contributed by atoms with Crippen LogP contribution in [0, 0.1) is 0 Å². The molecule has 0 aromatic carbocycles. The van der Waals surface area contributed by atoms with Crippen molar-refractivity contribution in [2.24, 2.45) is 0 Å². The number of thiophene rings is 1. The van der Waals surface area contributed by atoms with Crippen LogP contribution in [0.2, 0.25) is 0 Å². The van der Waals surface area contributed by atoms with Crippen molar-refractivity contribution in [1.82, 2.24) is 9.62 Å². The van der Waals surface area contributed by atoms with E-state index in [9.17, 15) is 4.79 Å². The Morgan fingerprint density at radius 3 is 2.86 bits per heavy atom. The molecule has 0 unspecified atom stereocenters. The number of carbonyl (C=O) groups is 1. The lowest BCUT2D eigenvalue weighted by atomic mass is 10.5. The van der Waals surface area contributed by atoms with Gasteiger partial charge in [-0.25, -0.2) is 0 Å². The molecule has 1 aromatic heterocycles. The van der Waals surface area contributed by atoms with Crippen LogP contribution >= 0.6 is 35.5 Å². The lowest BCUT2D eigenvalue weighted by molar-refractivity contribution is 0.0988. The van der Waals surface area contributed by atoms with Crippen molar-refractivity contribution >= 4 is 45.7 Å². The molecule has 0 atom stereocenters. The normalized spacial score (nSPS) is 9.57. The van der Waals surface area contributed by atoms with Gasteiger partial charge < -0.3 is 4.90 Å². The van der Waals surface area contributed by atoms with Crippen LogP contribution < -0.4 is 4.72 Å². The third kappa shape index (κ3) is 3.28. The number of hydrogen-bond donors (Lipinski definition) is 1. The van der Waals surface area contributed by atoms with Crippen molar-refractivity contribution in [3.05, 3.63) is 22.4 Å². The Kier molecular flexibility index (Phi) is 4.37. The summed E-state index contributed by atoms with van der Waals surface area (Å²) < 4.78 is 3.31. The van der Waals surface area contributed by atoms with Gasteiger partial charge in [-0.2, -0.15) is 0 Å². The highest BCUT2D eigenvalue weighted by molar-refractivity contribution is 8.22. The summed E-state index contributed by atoms with van der Waals surface area (Å²) >= 11 is 7.57. The van der Waals surface area contributed by atoms with Crippen LogP contribution in [0.15, 0.2) is 17.5 Å². The Balaban J connectivity index is 2.40. The molecule has 14 heavy (non-hydrogen) atoms. The van der Waals surface area contributed by atoms with E-state index in [-0.39, 0.29) is 5.91 Å². The Morgan fingerprint density at radius 1 is 1.64 bits per heavy atom. The summed E-state index contributed by atoms with van der Waals surface area (Å²) in [5, 5.41) is 1.86. The predicted octanol–water partition coefficient (Wildman–Crippen LogP) is 1.97. The van der Waals surface area contributed by atoms with Crippen LogP contribution in [0.3, 0.4) is 0 Å². The zero-order valence-electron chi connectivity index (χ0n) is 7.81. The molecule has 0 bridgehead atoms. The summed E-state index contributed by atoms with van der Waals surface area (Å²) in [6.07, 6.45) is 0. The lowest BCUT2D eigenvalue weighted by Crippen LogP contribution is -2.23. The van der Waals surface area contributed by atoms with Gasteiger partial charge in [-0.1, -0.05) is 18.3 Å². The molecule has 0 fully saturated rings. The molecule has 1 amide bonds. The summed E-state index contributed by atoms with van der Waals surface area (Å²) in [6.45, 7) is 0. The molecule has 1 N–H and O–H groups in total. The molecule has 0 saturated heterocycles. The van der Waals surface area contributed by atoms with Crippen molar-refractivity contribution in [3.63, 3.8) is 0 Å². The second-order valence-corrected chi connectivity index (χ2v) is 5.06. The molecule has 6 heteroatoms. The third-order valence-electron chi connectivity index (χ3n) is 1.34. The third-order valence-corrected chi connectivity index (χ3v) is 3.65. The molecular formula is C8H10N2OS3. The molecule has 0 aliphatic carbocycles. The summed E-state index contributed by atoms with van der Waals surface area (Å²) in [5.74, 6) is -0.103. The SMILES string of the molecule is CN(C)C(=S)SNC(=O)c1cccs1. The number of carbonyl (C=O) groups excluding carboxylic acids is 1. The van der Waals surface area contributed by atoms with Gasteiger partial charge in [-0.15, -0.1) is 11.3 Å². The van der Waals surface area contributed by atoms with Crippen molar-refractivity contribution in [3.8, 4) is 0 Å². The second-order valence-electron chi connectivity index (χ2n) is 2.67. The zero-order valence-corrected chi connectivity index (χ0v) is 10.3. The Morgan fingerprint density at radius 2 is 2.36 bits per heavy atom. The van der Waals surface area contributed by atoms with Crippen LogP contribution in [-0.2, 0) is 0 Å². The topological polar surface area (TPSA) is 32.3 Å². The van der Waals surface area contributed by atoms with Crippen molar-refractivity contribution in [1.29, 1.82) is 0 Å². The van der Waals surface area contributed by atoms with Crippen LogP contribution in [0.1, 0.15) is 9.67 Å². The molecule has 0 aliphatic heterocycles. The van der Waals surface area contributed by atoms with E-state index in [2.05, 4.69) is 4.72 Å². The smallest absolute Gasteiger partial charge is 0.271 e. The van der Waals surface area contributed by atoms with Gasteiger partial charge in [-0.05, 0) is 11.4 Å². The van der Waals surface area contributed by atoms with Gasteiger partial charge in [-0.3, -0.25) is 9.52 Å². The van der Waals surface area contributed by atoms with E-state index in [0.717, 1.165) is 11.9 Å². The molecule has 1 aromatic rings. The maximum Gasteiger partial charge on any atom is 0.271 e. The molecule has 1 rings (SSSR count). The highest BCUT2D eigenvalue weighted by Crippen LogP contribution is 2.10. The van der Waals surface area contributed by atoms with Crippen molar-refractivity contribution in [2.75, 3.05) is 14.1 Å². The van der Waals surface area contributed by atoms with E-state index < -0.39 is 0 Å². The van der Waals surface area contributed by atoms with E-state index in [1.54, 1.807) is 11.0 Å². The standard InChI is InChI=1S/C8H10N2OS3/c1-10(2)8(12)14-9-7(11)6-4-3-5-13-6/h3-5H,1-2H3,(H,9,11). The predicted molar refractivity (Wildman–Crippen MR) is 65.7 cm³/mol. The fourth-order valence-electron chi connectivity index (χ4n) is 0.639. The van der Waals surface area contributed by atoms with Gasteiger partial charge in [0.05, 0.1) is 4.88 Å². The van der Waals surface area contributed by atoms with Crippen LogP contribution in [-0.4, -0.2) is 29.2 Å². The van der Waals surface area contributed by atoms with Gasteiger partial charge in [0.1, 0.15) is 0 Å². The zero-order chi connectivity index (χ0) is 10.6. The minimum atomic E-state index is -0.103. The summed E-state index contributed by atoms with van der Waals surface area (Å²) in [7, 11) is 3.68. The molecule has 0 saturated carbocycles. The highest BCUT2D eigenvalue weighted by Gasteiger charge is 2.07. The fraction of sp³-hybridized carbons (Fsp3) is 0.250. The number of rotatable bonds is 1. The molecule has 3 nitrogen and oxygen atoms in total. The average molecular weight is 246 g/mol. The Bertz CT molecular complexity index is 321. The monoisotopic (exact) mass is 246 g/mol. The van der Waals surface area contributed by atoms with Gasteiger partial charge in [0.2, 0.25) is 0 Å². The largest absolute Gasteiger partial charge is 0.362 e. The molecule has 0 spiro atoms. The maximum atomic E-state index is 11.4.